The molecule has 1 aromatic rings. The molecular formula is C32H41ClO9. The zero-order valence-corrected chi connectivity index (χ0v) is 25.4. The largest absolute Gasteiger partial charge is 0.493 e. The molecular weight excluding hydrogens is 564 g/mol. The van der Waals surface area contributed by atoms with Crippen molar-refractivity contribution in [3.63, 3.8) is 0 Å². The van der Waals surface area contributed by atoms with Crippen LogP contribution in [0.4, 0.5) is 0 Å². The summed E-state index contributed by atoms with van der Waals surface area (Å²) in [6, 6.07) is 8.02. The van der Waals surface area contributed by atoms with Crippen molar-refractivity contribution in [3.05, 3.63) is 52.6 Å². The Kier molecular flexibility index (Phi) is 10.7. The van der Waals surface area contributed by atoms with Crippen LogP contribution in [0.15, 0.2) is 47.0 Å². The molecule has 0 spiro atoms. The number of aliphatic hydroxyl groups is 1. The highest BCUT2D eigenvalue weighted by atomic mass is 35.5. The normalized spacial score (nSPS) is 28.4. The molecule has 0 bridgehead atoms. The average Bonchev–Trinajstić information content (AvgIpc) is 2.91. The van der Waals surface area contributed by atoms with Crippen LogP contribution in [-0.4, -0.2) is 66.7 Å². The second-order valence-corrected chi connectivity index (χ2v) is 12.0. The van der Waals surface area contributed by atoms with Crippen LogP contribution >= 0.6 is 11.6 Å². The summed E-state index contributed by atoms with van der Waals surface area (Å²) in [5, 5.41) is 11.6. The van der Waals surface area contributed by atoms with Crippen LogP contribution in [0.5, 0.6) is 5.75 Å². The Morgan fingerprint density at radius 3 is 2.26 bits per heavy atom. The number of hydrogen-bond donors (Lipinski definition) is 1. The van der Waals surface area contributed by atoms with E-state index in [-0.39, 0.29) is 12.5 Å². The first-order valence-corrected chi connectivity index (χ1v) is 15.0. The Hall–Kier alpha value is -2.88. The number of rotatable bonds is 11. The van der Waals surface area contributed by atoms with E-state index in [1.165, 1.54) is 40.0 Å². The maximum absolute atomic E-state index is 12.1. The summed E-state index contributed by atoms with van der Waals surface area (Å²) < 4.78 is 28.4. The fraction of sp³-hybridized carbons (Fsp3) is 0.594. The first kappa shape index (κ1) is 32.0. The van der Waals surface area contributed by atoms with Crippen LogP contribution in [-0.2, 0) is 39.8 Å². The Morgan fingerprint density at radius 2 is 1.69 bits per heavy atom. The molecule has 6 unspecified atom stereocenters. The van der Waals surface area contributed by atoms with E-state index in [0.29, 0.717) is 23.3 Å². The third-order valence-electron chi connectivity index (χ3n) is 8.53. The predicted molar refractivity (Wildman–Crippen MR) is 155 cm³/mol. The van der Waals surface area contributed by atoms with Crippen molar-refractivity contribution >= 4 is 29.5 Å². The van der Waals surface area contributed by atoms with Crippen molar-refractivity contribution in [1.29, 1.82) is 0 Å². The highest BCUT2D eigenvalue weighted by Gasteiger charge is 2.51. The van der Waals surface area contributed by atoms with E-state index in [1.807, 2.05) is 30.3 Å². The second-order valence-electron chi connectivity index (χ2n) is 11.6. The molecule has 0 amide bonds. The lowest BCUT2D eigenvalue weighted by Crippen LogP contribution is -2.62. The zero-order valence-electron chi connectivity index (χ0n) is 24.7. The van der Waals surface area contributed by atoms with Gasteiger partial charge in [-0.2, -0.15) is 0 Å². The molecule has 1 saturated carbocycles. The molecule has 4 rings (SSSR count). The van der Waals surface area contributed by atoms with Gasteiger partial charge in [-0.3, -0.25) is 14.4 Å². The summed E-state index contributed by atoms with van der Waals surface area (Å²) in [5.41, 5.74) is 2.32. The molecule has 42 heavy (non-hydrogen) atoms. The molecule has 1 N–H and O–H groups in total. The number of benzene rings is 1. The van der Waals surface area contributed by atoms with Crippen molar-refractivity contribution in [2.75, 3.05) is 13.2 Å². The topological polar surface area (TPSA) is 118 Å². The van der Waals surface area contributed by atoms with Gasteiger partial charge in [-0.15, -0.1) is 0 Å². The van der Waals surface area contributed by atoms with Gasteiger partial charge < -0.3 is 28.8 Å². The first-order chi connectivity index (χ1) is 20.0. The number of allylic oxidation sites excluding steroid dienone is 3. The monoisotopic (exact) mass is 604 g/mol. The van der Waals surface area contributed by atoms with E-state index in [4.69, 9.17) is 35.3 Å². The van der Waals surface area contributed by atoms with Gasteiger partial charge in [0.15, 0.2) is 12.2 Å². The van der Waals surface area contributed by atoms with Gasteiger partial charge in [-0.1, -0.05) is 43.2 Å². The van der Waals surface area contributed by atoms with E-state index >= 15 is 0 Å². The van der Waals surface area contributed by atoms with Gasteiger partial charge in [-0.25, -0.2) is 0 Å². The Labute approximate surface area is 252 Å². The lowest BCUT2D eigenvalue weighted by molar-refractivity contribution is -0.253. The molecule has 1 aliphatic heterocycles. The van der Waals surface area contributed by atoms with Crippen LogP contribution in [0.2, 0.25) is 0 Å². The van der Waals surface area contributed by atoms with Crippen LogP contribution in [0, 0.1) is 11.3 Å². The molecule has 230 valence electrons. The number of hydrogen-bond acceptors (Lipinski definition) is 9. The van der Waals surface area contributed by atoms with Crippen molar-refractivity contribution in [2.45, 2.75) is 96.7 Å². The molecule has 1 aromatic carbocycles. The molecule has 6 atom stereocenters. The van der Waals surface area contributed by atoms with Crippen molar-refractivity contribution in [3.8, 4) is 5.75 Å². The highest BCUT2D eigenvalue weighted by molar-refractivity contribution is 6.31. The predicted octanol–water partition coefficient (Wildman–Crippen LogP) is 4.81. The fourth-order valence-corrected chi connectivity index (χ4v) is 6.13. The van der Waals surface area contributed by atoms with E-state index in [0.717, 1.165) is 29.9 Å². The van der Waals surface area contributed by atoms with E-state index in [9.17, 15) is 19.5 Å². The standard InChI is InChI=1S/C32H41ClO9/c1-5-32(13-6-14-32)18-39-25-10-7-22(8-11-25)15-24-16-23(9-12-26(24)33)29-31(41-21(4)36)30(40-20(3)35)28(37)27(42-29)17-38-19(2)34/h7-12,23,27-31,37H,5-6,13-18H2,1-4H3. The minimum absolute atomic E-state index is 0.259. The fourth-order valence-electron chi connectivity index (χ4n) is 5.91. The minimum atomic E-state index is -1.39. The zero-order chi connectivity index (χ0) is 30.4. The number of halogens is 1. The van der Waals surface area contributed by atoms with Gasteiger partial charge >= 0.3 is 17.9 Å². The highest BCUT2D eigenvalue weighted by Crippen LogP contribution is 2.44. The maximum atomic E-state index is 12.1. The van der Waals surface area contributed by atoms with Crippen LogP contribution in [0.1, 0.15) is 65.4 Å². The first-order valence-electron chi connectivity index (χ1n) is 14.6. The summed E-state index contributed by atoms with van der Waals surface area (Å²) in [6.07, 6.45) is 4.00. The third-order valence-corrected chi connectivity index (χ3v) is 8.93. The SMILES string of the molecule is CCC1(COc2ccc(CC3=C(Cl)C=CC(C4OC(COC(C)=O)C(O)C(OC(C)=O)C4OC(C)=O)C3)cc2)CCC1. The summed E-state index contributed by atoms with van der Waals surface area (Å²) in [6.45, 7) is 6.38. The molecule has 0 radical (unpaired) electrons. The minimum Gasteiger partial charge on any atom is -0.493 e. The van der Waals surface area contributed by atoms with Crippen LogP contribution in [0.3, 0.4) is 0 Å². The van der Waals surface area contributed by atoms with E-state index in [2.05, 4.69) is 6.92 Å². The number of carbonyl (C=O) groups excluding carboxylic acids is 3. The molecule has 10 heteroatoms. The Morgan fingerprint density at radius 1 is 1.02 bits per heavy atom. The molecule has 1 heterocycles. The lowest BCUT2D eigenvalue weighted by atomic mass is 9.68. The smallest absolute Gasteiger partial charge is 0.303 e. The van der Waals surface area contributed by atoms with Gasteiger partial charge in [0.25, 0.3) is 0 Å². The average molecular weight is 605 g/mol. The summed E-state index contributed by atoms with van der Waals surface area (Å²) in [7, 11) is 0. The molecule has 2 fully saturated rings. The van der Waals surface area contributed by atoms with E-state index in [1.54, 1.807) is 6.08 Å². The number of esters is 3. The number of carbonyl (C=O) groups is 3. The Balaban J connectivity index is 1.49. The van der Waals surface area contributed by atoms with E-state index < -0.39 is 48.4 Å². The molecule has 9 nitrogen and oxygen atoms in total. The Bertz CT molecular complexity index is 1180. The van der Waals surface area contributed by atoms with Crippen molar-refractivity contribution in [2.24, 2.45) is 11.3 Å². The quantitative estimate of drug-likeness (QED) is 0.280. The third kappa shape index (κ3) is 7.94. The van der Waals surface area contributed by atoms with Gasteiger partial charge in [-0.05, 0) is 61.4 Å². The second kappa shape index (κ2) is 14.1. The summed E-state index contributed by atoms with van der Waals surface area (Å²) in [4.78, 5) is 35.5. The van der Waals surface area contributed by atoms with Crippen LogP contribution in [0.25, 0.3) is 0 Å². The molecule has 0 aromatic heterocycles. The van der Waals surface area contributed by atoms with Gasteiger partial charge in [0, 0.05) is 37.1 Å². The number of ether oxygens (including phenoxy) is 5. The van der Waals surface area contributed by atoms with Gasteiger partial charge in [0.1, 0.15) is 30.7 Å². The molecule has 3 aliphatic rings. The lowest BCUT2D eigenvalue weighted by Gasteiger charge is -2.45. The summed E-state index contributed by atoms with van der Waals surface area (Å²) >= 11 is 6.64. The van der Waals surface area contributed by atoms with Crippen LogP contribution < -0.4 is 4.74 Å². The van der Waals surface area contributed by atoms with Crippen molar-refractivity contribution < 1.29 is 43.2 Å². The maximum Gasteiger partial charge on any atom is 0.303 e. The summed E-state index contributed by atoms with van der Waals surface area (Å²) in [5.74, 6) is -1.32. The van der Waals surface area contributed by atoms with Gasteiger partial charge in [0.2, 0.25) is 0 Å². The molecule has 2 aliphatic carbocycles. The van der Waals surface area contributed by atoms with Gasteiger partial charge in [0.05, 0.1) is 6.61 Å². The number of aliphatic hydroxyl groups excluding tert-OH is 1. The van der Waals surface area contributed by atoms with Crippen molar-refractivity contribution in [1.82, 2.24) is 0 Å². The molecule has 1 saturated heterocycles.